The predicted octanol–water partition coefficient (Wildman–Crippen LogP) is 1.28. The molecule has 1 fully saturated rings. The average molecular weight is 220 g/mol. The van der Waals surface area contributed by atoms with Crippen molar-refractivity contribution in [3.8, 4) is 0 Å². The fourth-order valence-electron chi connectivity index (χ4n) is 1.29. The van der Waals surface area contributed by atoms with Gasteiger partial charge in [0.25, 0.3) is 0 Å². The highest BCUT2D eigenvalue weighted by Gasteiger charge is 2.06. The molecule has 1 heterocycles. The van der Waals surface area contributed by atoms with Crippen LogP contribution in [-0.2, 0) is 0 Å². The number of nitrogens with zero attached hydrogens (tertiary/aromatic N) is 1. The van der Waals surface area contributed by atoms with Crippen molar-refractivity contribution in [2.45, 2.75) is 6.42 Å². The lowest BCUT2D eigenvalue weighted by atomic mass is 10.3. The summed E-state index contributed by atoms with van der Waals surface area (Å²) in [4.78, 5) is 4.23. The Labute approximate surface area is 93.8 Å². The number of benzene rings is 1. The first-order valence-corrected chi connectivity index (χ1v) is 5.18. The Bertz CT molecular complexity index is 366. The van der Waals surface area contributed by atoms with E-state index in [0.29, 0.717) is 5.11 Å². The second-order valence-corrected chi connectivity index (χ2v) is 3.54. The van der Waals surface area contributed by atoms with Gasteiger partial charge in [0.15, 0.2) is 5.11 Å². The van der Waals surface area contributed by atoms with Crippen LogP contribution in [0.5, 0.6) is 0 Å². The first kappa shape index (κ1) is 10.1. The van der Waals surface area contributed by atoms with Crippen molar-refractivity contribution in [2.24, 2.45) is 4.99 Å². The van der Waals surface area contributed by atoms with E-state index in [0.717, 1.165) is 24.5 Å². The van der Waals surface area contributed by atoms with Gasteiger partial charge >= 0.3 is 0 Å². The lowest BCUT2D eigenvalue weighted by Crippen LogP contribution is -2.27. The summed E-state index contributed by atoms with van der Waals surface area (Å²) >= 11 is 5.11. The summed E-state index contributed by atoms with van der Waals surface area (Å²) in [5.74, 6) is 0.878. The molecule has 0 radical (unpaired) electrons. The lowest BCUT2D eigenvalue weighted by Gasteiger charge is -2.04. The zero-order chi connectivity index (χ0) is 10.5. The third-order valence-electron chi connectivity index (χ3n) is 1.98. The highest BCUT2D eigenvalue weighted by molar-refractivity contribution is 7.80. The van der Waals surface area contributed by atoms with Gasteiger partial charge in [0.1, 0.15) is 5.84 Å². The Hall–Kier alpha value is -1.46. The Morgan fingerprint density at radius 3 is 2.80 bits per heavy atom. The van der Waals surface area contributed by atoms with Gasteiger partial charge in [-0.1, -0.05) is 18.2 Å². The molecule has 0 spiro atoms. The predicted molar refractivity (Wildman–Crippen MR) is 65.9 cm³/mol. The number of aliphatic imine (C=N–C) groups is 1. The zero-order valence-corrected chi connectivity index (χ0v) is 8.97. The average Bonchev–Trinajstić information content (AvgIpc) is 2.71. The lowest BCUT2D eigenvalue weighted by molar-refractivity contribution is 0.743. The zero-order valence-electron chi connectivity index (χ0n) is 8.16. The summed E-state index contributed by atoms with van der Waals surface area (Å²) in [5, 5.41) is 3.52. The van der Waals surface area contributed by atoms with E-state index in [9.17, 15) is 0 Å². The minimum absolute atomic E-state index is 0.479. The molecule has 0 amide bonds. The second kappa shape index (κ2) is 4.86. The third-order valence-corrected chi connectivity index (χ3v) is 2.17. The van der Waals surface area contributed by atoms with Crippen LogP contribution in [0.4, 0.5) is 5.69 Å². The van der Waals surface area contributed by atoms with E-state index < -0.39 is 0 Å². The third kappa shape index (κ3) is 3.00. The molecule has 0 aliphatic carbocycles. The molecule has 0 aromatic heterocycles. The molecular formula is C10H12N4S. The molecule has 1 aliphatic rings. The summed E-state index contributed by atoms with van der Waals surface area (Å²) in [6, 6.07) is 9.77. The first-order chi connectivity index (χ1) is 7.34. The Balaban J connectivity index is 1.95. The van der Waals surface area contributed by atoms with Gasteiger partial charge in [-0.05, 0) is 24.4 Å². The Morgan fingerprint density at radius 2 is 2.13 bits per heavy atom. The van der Waals surface area contributed by atoms with Crippen molar-refractivity contribution in [3.05, 3.63) is 30.3 Å². The number of hydrogen-bond donors (Lipinski definition) is 3. The fraction of sp³-hybridized carbons (Fsp3) is 0.200. The minimum Gasteiger partial charge on any atom is -0.331 e. The second-order valence-electron chi connectivity index (χ2n) is 3.16. The first-order valence-electron chi connectivity index (χ1n) is 4.77. The largest absolute Gasteiger partial charge is 0.331 e. The van der Waals surface area contributed by atoms with Crippen LogP contribution >= 0.6 is 12.2 Å². The van der Waals surface area contributed by atoms with Crippen molar-refractivity contribution in [3.63, 3.8) is 0 Å². The molecule has 1 saturated heterocycles. The normalized spacial score (nSPS) is 17.5. The molecule has 5 heteroatoms. The van der Waals surface area contributed by atoms with E-state index in [-0.39, 0.29) is 0 Å². The highest BCUT2D eigenvalue weighted by Crippen LogP contribution is 2.05. The van der Waals surface area contributed by atoms with E-state index in [1.54, 1.807) is 0 Å². The molecule has 1 aromatic carbocycles. The number of nitrogens with one attached hydrogen (secondary N) is 3. The standard InChI is InChI=1S/C10H12N4S/c15-10(13-9-6-7-11-14-9)12-8-4-2-1-3-5-8/h1-5,11H,6-7H2,(H2,12,13,14,15). The molecule has 0 atom stereocenters. The molecule has 0 unspecified atom stereocenters. The van der Waals surface area contributed by atoms with Gasteiger partial charge in [-0.3, -0.25) is 0 Å². The molecule has 0 bridgehead atoms. The van der Waals surface area contributed by atoms with Crippen LogP contribution in [0.3, 0.4) is 0 Å². The molecule has 0 saturated carbocycles. The van der Waals surface area contributed by atoms with Gasteiger partial charge in [-0.15, -0.1) is 0 Å². The summed E-state index contributed by atoms with van der Waals surface area (Å²) < 4.78 is 0. The van der Waals surface area contributed by atoms with Gasteiger partial charge in [0.2, 0.25) is 0 Å². The van der Waals surface area contributed by atoms with Crippen molar-refractivity contribution in [1.82, 2.24) is 10.9 Å². The summed E-state index contributed by atoms with van der Waals surface area (Å²) in [6.07, 6.45) is 0.886. The van der Waals surface area contributed by atoms with Crippen LogP contribution in [0.15, 0.2) is 35.3 Å². The van der Waals surface area contributed by atoms with Crippen molar-refractivity contribution in [1.29, 1.82) is 0 Å². The summed E-state index contributed by atoms with van der Waals surface area (Å²) in [5.41, 5.74) is 6.88. The van der Waals surface area contributed by atoms with Crippen LogP contribution < -0.4 is 16.2 Å². The van der Waals surface area contributed by atoms with Crippen LogP contribution in [0.2, 0.25) is 0 Å². The van der Waals surface area contributed by atoms with Crippen LogP contribution in [0.25, 0.3) is 0 Å². The fourth-order valence-corrected chi connectivity index (χ4v) is 1.52. The number of rotatable bonds is 1. The Morgan fingerprint density at radius 1 is 1.33 bits per heavy atom. The minimum atomic E-state index is 0.479. The van der Waals surface area contributed by atoms with E-state index in [2.05, 4.69) is 21.2 Å². The van der Waals surface area contributed by atoms with Crippen LogP contribution in [0, 0.1) is 0 Å². The van der Waals surface area contributed by atoms with Gasteiger partial charge in [0, 0.05) is 18.7 Å². The van der Waals surface area contributed by atoms with E-state index in [1.807, 2.05) is 30.3 Å². The molecular weight excluding hydrogens is 208 g/mol. The van der Waals surface area contributed by atoms with Crippen LogP contribution in [-0.4, -0.2) is 17.5 Å². The number of amidine groups is 1. The summed E-state index contributed by atoms with van der Waals surface area (Å²) in [7, 11) is 0. The quantitative estimate of drug-likeness (QED) is 0.624. The number of thiocarbonyl (C=S) groups is 1. The monoisotopic (exact) mass is 220 g/mol. The van der Waals surface area contributed by atoms with Crippen molar-refractivity contribution >= 4 is 28.9 Å². The maximum atomic E-state index is 5.11. The molecule has 2 rings (SSSR count). The van der Waals surface area contributed by atoms with Crippen LogP contribution in [0.1, 0.15) is 6.42 Å². The molecule has 15 heavy (non-hydrogen) atoms. The molecule has 3 N–H and O–H groups in total. The maximum Gasteiger partial charge on any atom is 0.198 e. The Kier molecular flexibility index (Phi) is 3.26. The smallest absolute Gasteiger partial charge is 0.198 e. The van der Waals surface area contributed by atoms with Crippen molar-refractivity contribution in [2.75, 3.05) is 11.9 Å². The summed E-state index contributed by atoms with van der Waals surface area (Å²) in [6.45, 7) is 0.896. The number of hydrogen-bond acceptors (Lipinski definition) is 2. The van der Waals surface area contributed by atoms with Gasteiger partial charge < -0.3 is 10.7 Å². The van der Waals surface area contributed by atoms with E-state index in [1.165, 1.54) is 0 Å². The van der Waals surface area contributed by atoms with E-state index >= 15 is 0 Å². The van der Waals surface area contributed by atoms with Gasteiger partial charge in [-0.2, -0.15) is 0 Å². The van der Waals surface area contributed by atoms with Crippen molar-refractivity contribution < 1.29 is 0 Å². The molecule has 1 aliphatic heterocycles. The topological polar surface area (TPSA) is 48.5 Å². The number of para-hydroxylation sites is 1. The molecule has 1 aromatic rings. The van der Waals surface area contributed by atoms with E-state index in [4.69, 9.17) is 12.2 Å². The number of anilines is 1. The van der Waals surface area contributed by atoms with Gasteiger partial charge in [-0.25, -0.2) is 10.4 Å². The number of hydrazine groups is 1. The van der Waals surface area contributed by atoms with Gasteiger partial charge in [0.05, 0.1) is 0 Å². The maximum absolute atomic E-state index is 5.11. The molecule has 78 valence electrons. The highest BCUT2D eigenvalue weighted by atomic mass is 32.1. The molecule has 4 nitrogen and oxygen atoms in total. The SMILES string of the molecule is S=C(/N=C1\CCNN1)Nc1ccccc1.